The Bertz CT molecular complexity index is 728. The van der Waals surface area contributed by atoms with Crippen molar-refractivity contribution in [2.24, 2.45) is 5.92 Å². The molecule has 0 spiro atoms. The van der Waals surface area contributed by atoms with E-state index in [9.17, 15) is 9.90 Å². The molecule has 5 nitrogen and oxygen atoms in total. The highest BCUT2D eigenvalue weighted by atomic mass is 16.4. The van der Waals surface area contributed by atoms with Gasteiger partial charge in [-0.1, -0.05) is 30.3 Å². The Hall–Kier alpha value is -2.43. The van der Waals surface area contributed by atoms with Crippen molar-refractivity contribution in [3.8, 4) is 11.3 Å². The lowest BCUT2D eigenvalue weighted by molar-refractivity contribution is -0.140. The highest BCUT2D eigenvalue weighted by Crippen LogP contribution is 2.40. The van der Waals surface area contributed by atoms with Gasteiger partial charge in [-0.25, -0.2) is 9.97 Å². The van der Waals surface area contributed by atoms with Crippen LogP contribution in [0.25, 0.3) is 11.3 Å². The van der Waals surface area contributed by atoms with Gasteiger partial charge in [-0.15, -0.1) is 0 Å². The van der Waals surface area contributed by atoms with Crippen LogP contribution in [0.4, 0.5) is 5.82 Å². The molecule has 1 aliphatic heterocycles. The third-order valence-electron chi connectivity index (χ3n) is 4.60. The lowest BCUT2D eigenvalue weighted by Crippen LogP contribution is -2.24. The maximum absolute atomic E-state index is 11.2. The fraction of sp³-hybridized carbons (Fsp3) is 0.389. The Balaban J connectivity index is 1.69. The van der Waals surface area contributed by atoms with Crippen molar-refractivity contribution in [2.75, 3.05) is 18.0 Å². The molecule has 118 valence electrons. The molecule has 2 heterocycles. The Morgan fingerprint density at radius 1 is 1.13 bits per heavy atom. The molecule has 1 N–H and O–H groups in total. The molecule has 5 heteroatoms. The maximum Gasteiger partial charge on any atom is 0.308 e. The summed E-state index contributed by atoms with van der Waals surface area (Å²) in [4.78, 5) is 22.7. The van der Waals surface area contributed by atoms with Crippen LogP contribution in [0.3, 0.4) is 0 Å². The molecular weight excluding hydrogens is 290 g/mol. The van der Waals surface area contributed by atoms with Crippen molar-refractivity contribution >= 4 is 11.8 Å². The number of nitrogens with zero attached hydrogens (tertiary/aromatic N) is 3. The van der Waals surface area contributed by atoms with E-state index in [4.69, 9.17) is 9.97 Å². The number of carbonyl (C=O) groups is 1. The van der Waals surface area contributed by atoms with Crippen LogP contribution in [0.5, 0.6) is 0 Å². The zero-order chi connectivity index (χ0) is 15.8. The maximum atomic E-state index is 11.2. The predicted molar refractivity (Wildman–Crippen MR) is 87.4 cm³/mol. The Morgan fingerprint density at radius 2 is 1.91 bits per heavy atom. The smallest absolute Gasteiger partial charge is 0.308 e. The van der Waals surface area contributed by atoms with Crippen LogP contribution < -0.4 is 4.90 Å². The standard InChI is InChI=1S/C18H19N3O2/c22-18(23)14-8-9-21(11-14)16-10-15(12-4-2-1-3-5-12)19-17(20-16)13-6-7-13/h1-5,10,13-14H,6-9,11H2,(H,22,23). The van der Waals surface area contributed by atoms with Gasteiger partial charge in [0.1, 0.15) is 11.6 Å². The van der Waals surface area contributed by atoms with Gasteiger partial charge < -0.3 is 10.0 Å². The van der Waals surface area contributed by atoms with E-state index >= 15 is 0 Å². The minimum absolute atomic E-state index is 0.297. The van der Waals surface area contributed by atoms with E-state index in [0.29, 0.717) is 18.9 Å². The number of carboxylic acids is 1. The lowest BCUT2D eigenvalue weighted by atomic mass is 10.1. The van der Waals surface area contributed by atoms with Crippen molar-refractivity contribution in [3.05, 3.63) is 42.2 Å². The summed E-state index contributed by atoms with van der Waals surface area (Å²) in [5.74, 6) is 1.22. The summed E-state index contributed by atoms with van der Waals surface area (Å²) in [6.45, 7) is 1.27. The molecule has 1 aromatic carbocycles. The van der Waals surface area contributed by atoms with Crippen LogP contribution in [0.15, 0.2) is 36.4 Å². The summed E-state index contributed by atoms with van der Waals surface area (Å²) >= 11 is 0. The quantitative estimate of drug-likeness (QED) is 0.940. The zero-order valence-corrected chi connectivity index (χ0v) is 12.9. The first-order chi connectivity index (χ1) is 11.2. The first kappa shape index (κ1) is 14.2. The summed E-state index contributed by atoms with van der Waals surface area (Å²) in [6, 6.07) is 12.1. The van der Waals surface area contributed by atoms with Gasteiger partial charge in [-0.05, 0) is 19.3 Å². The van der Waals surface area contributed by atoms with Gasteiger partial charge in [-0.2, -0.15) is 0 Å². The van der Waals surface area contributed by atoms with Gasteiger partial charge in [-0.3, -0.25) is 4.79 Å². The summed E-state index contributed by atoms with van der Waals surface area (Å²) in [6.07, 6.45) is 2.98. The molecule has 23 heavy (non-hydrogen) atoms. The van der Waals surface area contributed by atoms with Crippen molar-refractivity contribution in [3.63, 3.8) is 0 Å². The van der Waals surface area contributed by atoms with Crippen molar-refractivity contribution in [1.82, 2.24) is 9.97 Å². The SMILES string of the molecule is O=C(O)C1CCN(c2cc(-c3ccccc3)nc(C3CC3)n2)C1. The molecule has 2 aromatic rings. The average Bonchev–Trinajstić information content (AvgIpc) is 3.31. The van der Waals surface area contributed by atoms with Crippen LogP contribution in [0.2, 0.25) is 0 Å². The number of rotatable bonds is 4. The molecule has 4 rings (SSSR count). The van der Waals surface area contributed by atoms with E-state index in [-0.39, 0.29) is 5.92 Å². The minimum atomic E-state index is -0.716. The fourth-order valence-corrected chi connectivity index (χ4v) is 3.07. The number of aliphatic carboxylic acids is 1. The Labute approximate surface area is 135 Å². The zero-order valence-electron chi connectivity index (χ0n) is 12.9. The van der Waals surface area contributed by atoms with Gasteiger partial charge in [0.05, 0.1) is 11.6 Å². The number of benzene rings is 1. The number of hydrogen-bond donors (Lipinski definition) is 1. The van der Waals surface area contributed by atoms with Gasteiger partial charge >= 0.3 is 5.97 Å². The molecule has 2 aliphatic rings. The topological polar surface area (TPSA) is 66.3 Å². The summed E-state index contributed by atoms with van der Waals surface area (Å²) in [7, 11) is 0. The van der Waals surface area contributed by atoms with E-state index in [1.165, 1.54) is 0 Å². The molecule has 0 bridgehead atoms. The second-order valence-corrected chi connectivity index (χ2v) is 6.38. The highest BCUT2D eigenvalue weighted by Gasteiger charge is 2.31. The van der Waals surface area contributed by atoms with E-state index < -0.39 is 5.97 Å². The second kappa shape index (κ2) is 5.65. The summed E-state index contributed by atoms with van der Waals surface area (Å²) in [5.41, 5.74) is 2.00. The van der Waals surface area contributed by atoms with Crippen molar-refractivity contribution in [1.29, 1.82) is 0 Å². The minimum Gasteiger partial charge on any atom is -0.481 e. The molecule has 2 fully saturated rings. The lowest BCUT2D eigenvalue weighted by Gasteiger charge is -2.18. The van der Waals surface area contributed by atoms with E-state index in [1.807, 2.05) is 36.4 Å². The Kier molecular flexibility index (Phi) is 3.48. The third-order valence-corrected chi connectivity index (χ3v) is 4.60. The largest absolute Gasteiger partial charge is 0.481 e. The average molecular weight is 309 g/mol. The normalized spacial score (nSPS) is 20.7. The molecule has 1 atom stereocenters. The van der Waals surface area contributed by atoms with Crippen LogP contribution in [0.1, 0.15) is 31.0 Å². The molecule has 0 radical (unpaired) electrons. The van der Waals surface area contributed by atoms with Gasteiger partial charge in [0.25, 0.3) is 0 Å². The van der Waals surface area contributed by atoms with Gasteiger partial charge in [0.2, 0.25) is 0 Å². The van der Waals surface area contributed by atoms with Crippen LogP contribution in [-0.4, -0.2) is 34.1 Å². The number of anilines is 1. The van der Waals surface area contributed by atoms with Gasteiger partial charge in [0.15, 0.2) is 0 Å². The van der Waals surface area contributed by atoms with Crippen LogP contribution in [0, 0.1) is 5.92 Å². The summed E-state index contributed by atoms with van der Waals surface area (Å²) < 4.78 is 0. The molecule has 1 saturated carbocycles. The molecule has 1 aliphatic carbocycles. The first-order valence-electron chi connectivity index (χ1n) is 8.13. The number of aromatic nitrogens is 2. The molecular formula is C18H19N3O2. The predicted octanol–water partition coefficient (Wildman–Crippen LogP) is 2.93. The number of hydrogen-bond acceptors (Lipinski definition) is 4. The monoisotopic (exact) mass is 309 g/mol. The van der Waals surface area contributed by atoms with E-state index in [1.54, 1.807) is 0 Å². The molecule has 0 amide bonds. The van der Waals surface area contributed by atoms with Gasteiger partial charge in [0, 0.05) is 30.6 Å². The molecule has 1 aromatic heterocycles. The van der Waals surface area contributed by atoms with Crippen molar-refractivity contribution < 1.29 is 9.90 Å². The van der Waals surface area contributed by atoms with E-state index in [0.717, 1.165) is 42.3 Å². The molecule has 1 unspecified atom stereocenters. The van der Waals surface area contributed by atoms with Crippen LogP contribution >= 0.6 is 0 Å². The fourth-order valence-electron chi connectivity index (χ4n) is 3.07. The first-order valence-corrected chi connectivity index (χ1v) is 8.13. The van der Waals surface area contributed by atoms with E-state index in [2.05, 4.69) is 4.90 Å². The summed E-state index contributed by atoms with van der Waals surface area (Å²) in [5, 5.41) is 9.20. The third kappa shape index (κ3) is 2.91. The highest BCUT2D eigenvalue weighted by molar-refractivity contribution is 5.72. The number of carboxylic acid groups (broad SMARTS) is 1. The van der Waals surface area contributed by atoms with Crippen LogP contribution in [-0.2, 0) is 4.79 Å². The second-order valence-electron chi connectivity index (χ2n) is 6.38. The molecule has 1 saturated heterocycles. The van der Waals surface area contributed by atoms with Crippen molar-refractivity contribution in [2.45, 2.75) is 25.2 Å². The Morgan fingerprint density at radius 3 is 2.57 bits per heavy atom.